The fraction of sp³-hybridized carbons (Fsp3) is 0.556. The molecule has 0 fully saturated rings. The molecule has 28 heavy (non-hydrogen) atoms. The van der Waals surface area contributed by atoms with Crippen molar-refractivity contribution in [3.05, 3.63) is 34.9 Å². The van der Waals surface area contributed by atoms with Gasteiger partial charge >= 0.3 is 11.9 Å². The van der Waals surface area contributed by atoms with Crippen molar-refractivity contribution in [2.75, 3.05) is 19.8 Å². The quantitative estimate of drug-likeness (QED) is 0.577. The van der Waals surface area contributed by atoms with Crippen LogP contribution in [0.2, 0.25) is 0 Å². The molecule has 2 aromatic rings. The lowest BCUT2D eigenvalue weighted by atomic mass is 10.3. The molecule has 2 rings (SSSR count). The number of carbonyl (C=O) groups excluding carboxylic acids is 2. The summed E-state index contributed by atoms with van der Waals surface area (Å²) in [6.45, 7) is 7.88. The molecule has 2 heterocycles. The van der Waals surface area contributed by atoms with Crippen molar-refractivity contribution in [2.45, 2.75) is 47.0 Å². The Bertz CT molecular complexity index is 813. The Morgan fingerprint density at radius 1 is 1.07 bits per heavy atom. The van der Waals surface area contributed by atoms with Gasteiger partial charge in [0.25, 0.3) is 0 Å². The van der Waals surface area contributed by atoms with Crippen molar-refractivity contribution in [1.29, 1.82) is 0 Å². The van der Waals surface area contributed by atoms with Crippen LogP contribution in [0.1, 0.15) is 58.8 Å². The molecule has 0 saturated carbocycles. The normalized spacial score (nSPS) is 12.0. The van der Waals surface area contributed by atoms with Crippen molar-refractivity contribution in [3.8, 4) is 0 Å². The number of nitrogens with one attached hydrogen (secondary N) is 1. The number of aryl methyl sites for hydroxylation is 2. The number of aliphatic hydroxyl groups is 1. The van der Waals surface area contributed by atoms with E-state index in [-0.39, 0.29) is 44.0 Å². The van der Waals surface area contributed by atoms with E-state index < -0.39 is 11.9 Å². The summed E-state index contributed by atoms with van der Waals surface area (Å²) in [5.41, 5.74) is 1.98. The zero-order chi connectivity index (χ0) is 20.7. The predicted octanol–water partition coefficient (Wildman–Crippen LogP) is 1.18. The summed E-state index contributed by atoms with van der Waals surface area (Å²) in [6, 6.07) is 3.29. The van der Waals surface area contributed by atoms with Gasteiger partial charge in [-0.15, -0.1) is 0 Å². The molecule has 2 N–H and O–H groups in total. The highest BCUT2D eigenvalue weighted by Gasteiger charge is 2.20. The highest BCUT2D eigenvalue weighted by Crippen LogP contribution is 2.14. The number of aliphatic hydroxyl groups excluding tert-OH is 1. The molecule has 0 amide bonds. The molecule has 1 atom stereocenters. The summed E-state index contributed by atoms with van der Waals surface area (Å²) in [6.07, 6.45) is -0.00152. The van der Waals surface area contributed by atoms with E-state index in [4.69, 9.17) is 9.47 Å². The zero-order valence-electron chi connectivity index (χ0n) is 16.6. The van der Waals surface area contributed by atoms with Crippen LogP contribution in [0.3, 0.4) is 0 Å². The average molecular weight is 393 g/mol. The topological polar surface area (TPSA) is 120 Å². The van der Waals surface area contributed by atoms with Gasteiger partial charge in [-0.2, -0.15) is 10.2 Å². The minimum absolute atomic E-state index is 0.0716. The lowest BCUT2D eigenvalue weighted by Crippen LogP contribution is -2.32. The van der Waals surface area contributed by atoms with Crippen LogP contribution in [0.15, 0.2) is 12.1 Å². The Hall–Kier alpha value is -2.72. The lowest BCUT2D eigenvalue weighted by molar-refractivity contribution is 0.0509. The smallest absolute Gasteiger partial charge is 0.358 e. The monoisotopic (exact) mass is 393 g/mol. The van der Waals surface area contributed by atoms with Crippen molar-refractivity contribution >= 4 is 11.9 Å². The van der Waals surface area contributed by atoms with Crippen LogP contribution in [0.25, 0.3) is 0 Å². The maximum Gasteiger partial charge on any atom is 0.358 e. The van der Waals surface area contributed by atoms with Crippen LogP contribution < -0.4 is 5.32 Å². The second-order valence-electron chi connectivity index (χ2n) is 6.12. The van der Waals surface area contributed by atoms with Gasteiger partial charge in [-0.3, -0.25) is 14.7 Å². The van der Waals surface area contributed by atoms with Crippen LogP contribution in [0.5, 0.6) is 0 Å². The fourth-order valence-electron chi connectivity index (χ4n) is 2.71. The molecule has 0 spiro atoms. The Labute approximate surface area is 163 Å². The first-order chi connectivity index (χ1) is 13.4. The zero-order valence-corrected chi connectivity index (χ0v) is 16.6. The number of rotatable bonds is 10. The first-order valence-corrected chi connectivity index (χ1v) is 9.20. The standard InChI is InChI=1S/C18H27N5O5/c1-5-27-17(25)14-9-12(3)22(20-14)11-19-16(7-8-24)23-13(4)10-15(21-23)18(26)28-6-2/h9-10,16,19,24H,5-8,11H2,1-4H3. The second kappa shape index (κ2) is 10.00. The van der Waals surface area contributed by atoms with E-state index in [1.807, 2.05) is 13.8 Å². The molecule has 0 aliphatic carbocycles. The molecular weight excluding hydrogens is 366 g/mol. The molecular formula is C18H27N5O5. The summed E-state index contributed by atoms with van der Waals surface area (Å²) in [7, 11) is 0. The molecule has 0 radical (unpaired) electrons. The van der Waals surface area contributed by atoms with Gasteiger partial charge in [0.05, 0.1) is 19.9 Å². The number of ether oxygens (including phenoxy) is 2. The number of carbonyl (C=O) groups is 2. The fourth-order valence-corrected chi connectivity index (χ4v) is 2.71. The van der Waals surface area contributed by atoms with Gasteiger partial charge in [0.2, 0.25) is 0 Å². The molecule has 154 valence electrons. The second-order valence-corrected chi connectivity index (χ2v) is 6.12. The van der Waals surface area contributed by atoms with Gasteiger partial charge < -0.3 is 14.6 Å². The Morgan fingerprint density at radius 2 is 1.64 bits per heavy atom. The van der Waals surface area contributed by atoms with Crippen molar-refractivity contribution in [3.63, 3.8) is 0 Å². The van der Waals surface area contributed by atoms with E-state index in [9.17, 15) is 14.7 Å². The third-order valence-electron chi connectivity index (χ3n) is 4.05. The Morgan fingerprint density at radius 3 is 2.21 bits per heavy atom. The molecule has 10 nitrogen and oxygen atoms in total. The molecule has 0 aromatic carbocycles. The maximum atomic E-state index is 11.9. The first kappa shape index (κ1) is 21.6. The van der Waals surface area contributed by atoms with Crippen molar-refractivity contribution in [1.82, 2.24) is 24.9 Å². The number of hydrogen-bond donors (Lipinski definition) is 2. The van der Waals surface area contributed by atoms with Gasteiger partial charge in [-0.05, 0) is 39.8 Å². The highest BCUT2D eigenvalue weighted by atomic mass is 16.5. The number of hydrogen-bond acceptors (Lipinski definition) is 8. The van der Waals surface area contributed by atoms with Crippen molar-refractivity contribution in [2.24, 2.45) is 0 Å². The largest absolute Gasteiger partial charge is 0.461 e. The molecule has 1 unspecified atom stereocenters. The van der Waals surface area contributed by atoms with Gasteiger partial charge in [0, 0.05) is 24.4 Å². The van der Waals surface area contributed by atoms with Gasteiger partial charge in [-0.25, -0.2) is 9.59 Å². The van der Waals surface area contributed by atoms with Crippen LogP contribution in [-0.2, 0) is 16.1 Å². The molecule has 0 saturated heterocycles. The minimum Gasteiger partial charge on any atom is -0.461 e. The van der Waals surface area contributed by atoms with Crippen LogP contribution in [-0.4, -0.2) is 56.4 Å². The maximum absolute atomic E-state index is 11.9. The van der Waals surface area contributed by atoms with E-state index in [2.05, 4.69) is 15.5 Å². The van der Waals surface area contributed by atoms with E-state index >= 15 is 0 Å². The van der Waals surface area contributed by atoms with E-state index in [0.717, 1.165) is 11.4 Å². The average Bonchev–Trinajstić information content (AvgIpc) is 3.22. The predicted molar refractivity (Wildman–Crippen MR) is 99.7 cm³/mol. The van der Waals surface area contributed by atoms with E-state index in [1.165, 1.54) is 0 Å². The third-order valence-corrected chi connectivity index (χ3v) is 4.05. The Balaban J connectivity index is 2.14. The SMILES string of the molecule is CCOC(=O)c1cc(C)n(CNC(CCO)n2nc(C(=O)OCC)cc2C)n1. The molecule has 10 heteroatoms. The number of aromatic nitrogens is 4. The minimum atomic E-state index is -0.492. The number of nitrogens with zero attached hydrogens (tertiary/aromatic N) is 4. The van der Waals surface area contributed by atoms with Crippen LogP contribution in [0.4, 0.5) is 0 Å². The van der Waals surface area contributed by atoms with Gasteiger partial charge in [0.1, 0.15) is 6.17 Å². The molecule has 0 aliphatic heterocycles. The van der Waals surface area contributed by atoms with E-state index in [1.54, 1.807) is 35.3 Å². The van der Waals surface area contributed by atoms with Gasteiger partial charge in [-0.1, -0.05) is 0 Å². The lowest BCUT2D eigenvalue weighted by Gasteiger charge is -2.20. The molecule has 2 aromatic heterocycles. The van der Waals surface area contributed by atoms with Crippen LogP contribution in [0, 0.1) is 13.8 Å². The van der Waals surface area contributed by atoms with Gasteiger partial charge in [0.15, 0.2) is 11.4 Å². The summed E-state index contributed by atoms with van der Waals surface area (Å²) < 4.78 is 13.2. The number of esters is 2. The summed E-state index contributed by atoms with van der Waals surface area (Å²) in [5, 5.41) is 21.2. The van der Waals surface area contributed by atoms with E-state index in [0.29, 0.717) is 6.42 Å². The summed E-state index contributed by atoms with van der Waals surface area (Å²) in [4.78, 5) is 23.7. The molecule has 0 aliphatic rings. The van der Waals surface area contributed by atoms with Crippen LogP contribution >= 0.6 is 0 Å². The van der Waals surface area contributed by atoms with Crippen molar-refractivity contribution < 1.29 is 24.2 Å². The summed E-state index contributed by atoms with van der Waals surface area (Å²) in [5.74, 6) is -0.965. The third kappa shape index (κ3) is 5.17. The highest BCUT2D eigenvalue weighted by molar-refractivity contribution is 5.87. The Kier molecular flexibility index (Phi) is 7.70. The molecule has 0 bridgehead atoms. The summed E-state index contributed by atoms with van der Waals surface area (Å²) >= 11 is 0. The first-order valence-electron chi connectivity index (χ1n) is 9.20.